The predicted octanol–water partition coefficient (Wildman–Crippen LogP) is 7.32. The molecular formula is C29H30BrP. The molecule has 0 nitrogen and oxygen atoms in total. The number of hydrogen-bond donors (Lipinski definition) is 0. The van der Waals surface area contributed by atoms with Crippen molar-refractivity contribution in [1.29, 1.82) is 0 Å². The second-order valence-electron chi connectivity index (χ2n) is 9.29. The Bertz CT molecular complexity index is 1030. The van der Waals surface area contributed by atoms with Crippen molar-refractivity contribution in [3.05, 3.63) is 126 Å². The first kappa shape index (κ1) is 22.0. The van der Waals surface area contributed by atoms with Gasteiger partial charge in [0.15, 0.2) is 0 Å². The molecule has 0 bridgehead atoms. The molecule has 0 unspecified atom stereocenters. The fourth-order valence-electron chi connectivity index (χ4n) is 4.39. The van der Waals surface area contributed by atoms with Gasteiger partial charge in [-0.3, -0.25) is 0 Å². The molecule has 0 aromatic heterocycles. The molecule has 0 heterocycles. The molecular weight excluding hydrogens is 459 g/mol. The molecule has 158 valence electrons. The third-order valence-corrected chi connectivity index (χ3v) is 15.7. The maximum atomic E-state index is 4.54. The number of benzene rings is 4. The summed E-state index contributed by atoms with van der Waals surface area (Å²) in [5, 5.41) is 1.12. The van der Waals surface area contributed by atoms with Gasteiger partial charge in [-0.15, -0.1) is 0 Å². The molecule has 4 aromatic rings. The van der Waals surface area contributed by atoms with Gasteiger partial charge < -0.3 is 0 Å². The molecule has 0 amide bonds. The molecule has 4 rings (SSSR count). The zero-order valence-electron chi connectivity index (χ0n) is 18.5. The Labute approximate surface area is 195 Å². The number of hydrogen-bond acceptors (Lipinski definition) is 0. The quantitative estimate of drug-likeness (QED) is 0.258. The van der Waals surface area contributed by atoms with Crippen LogP contribution in [0.15, 0.2) is 115 Å². The van der Waals surface area contributed by atoms with Crippen LogP contribution in [0.4, 0.5) is 0 Å². The Morgan fingerprint density at radius 2 is 0.903 bits per heavy atom. The summed E-state index contributed by atoms with van der Waals surface area (Å²) in [5.41, 5.74) is 2.86. The third kappa shape index (κ3) is 4.02. The Balaban J connectivity index is 1.99. The van der Waals surface area contributed by atoms with Gasteiger partial charge in [0, 0.05) is 0 Å². The summed E-state index contributed by atoms with van der Waals surface area (Å²) in [6, 6.07) is 42.2. The number of halogens is 1. The van der Waals surface area contributed by atoms with Crippen LogP contribution in [0.5, 0.6) is 0 Å². The zero-order chi connectivity index (χ0) is 22.0. The van der Waals surface area contributed by atoms with Gasteiger partial charge >= 0.3 is 195 Å². The molecule has 0 spiro atoms. The third-order valence-electron chi connectivity index (χ3n) is 6.18. The normalized spacial score (nSPS) is 13.4. The van der Waals surface area contributed by atoms with Crippen LogP contribution in [-0.4, -0.2) is 0 Å². The molecule has 0 aliphatic rings. The van der Waals surface area contributed by atoms with Gasteiger partial charge in [-0.05, 0) is 0 Å². The van der Waals surface area contributed by atoms with Crippen LogP contribution in [0.2, 0.25) is 0 Å². The van der Waals surface area contributed by atoms with Crippen LogP contribution in [0.25, 0.3) is 0 Å². The summed E-state index contributed by atoms with van der Waals surface area (Å²) in [7, 11) is 0. The average Bonchev–Trinajstić information content (AvgIpc) is 2.81. The van der Waals surface area contributed by atoms with E-state index in [-0.39, 0.29) is 5.41 Å². The van der Waals surface area contributed by atoms with Crippen molar-refractivity contribution >= 4 is 36.7 Å². The monoisotopic (exact) mass is 488 g/mol. The van der Waals surface area contributed by atoms with Gasteiger partial charge in [0.25, 0.3) is 0 Å². The van der Waals surface area contributed by atoms with E-state index in [2.05, 4.69) is 152 Å². The predicted molar refractivity (Wildman–Crippen MR) is 143 cm³/mol. The summed E-state index contributed by atoms with van der Waals surface area (Å²) in [6.45, 7) is 6.80. The molecule has 4 aromatic carbocycles. The summed E-state index contributed by atoms with van der Waals surface area (Å²) >= 11 is 4.54. The molecule has 0 saturated carbocycles. The zero-order valence-corrected chi connectivity index (χ0v) is 21.0. The average molecular weight is 489 g/mol. The van der Waals surface area contributed by atoms with Crippen molar-refractivity contribution in [3.63, 3.8) is 0 Å². The number of rotatable bonds is 5. The summed E-state index contributed by atoms with van der Waals surface area (Å²) in [4.78, 5) is 0. The van der Waals surface area contributed by atoms with Gasteiger partial charge in [0.1, 0.15) is 0 Å². The van der Waals surface area contributed by atoms with Crippen molar-refractivity contribution in [2.75, 3.05) is 0 Å². The van der Waals surface area contributed by atoms with Gasteiger partial charge in [-0.2, -0.15) is 0 Å². The van der Waals surface area contributed by atoms with E-state index in [1.807, 2.05) is 0 Å². The Hall–Kier alpha value is -2.21. The molecule has 0 saturated heterocycles. The SMILES string of the molecule is CC(C)(C)c1ccc(CP(Br)(c2ccccc2)(c2ccccc2)c2ccccc2)cc1. The van der Waals surface area contributed by atoms with E-state index >= 15 is 0 Å². The summed E-state index contributed by atoms with van der Waals surface area (Å²) in [5.74, 6) is 0. The van der Waals surface area contributed by atoms with Crippen molar-refractivity contribution in [2.24, 2.45) is 0 Å². The van der Waals surface area contributed by atoms with Crippen molar-refractivity contribution < 1.29 is 0 Å². The van der Waals surface area contributed by atoms with Crippen LogP contribution >= 0.6 is 20.8 Å². The standard InChI is InChI=1S/C29H30BrP/c1-29(2,3)25-21-19-24(20-22-25)23-31(30,26-13-7-4-8-14-26,27-15-9-5-10-16-27)28-17-11-6-12-18-28/h4-22H,23H2,1-3H3. The van der Waals surface area contributed by atoms with E-state index in [1.165, 1.54) is 27.0 Å². The van der Waals surface area contributed by atoms with Crippen LogP contribution < -0.4 is 15.9 Å². The first-order chi connectivity index (χ1) is 14.8. The van der Waals surface area contributed by atoms with E-state index in [4.69, 9.17) is 0 Å². The molecule has 0 radical (unpaired) electrons. The van der Waals surface area contributed by atoms with Gasteiger partial charge in [0.05, 0.1) is 0 Å². The second-order valence-corrected chi connectivity index (χ2v) is 18.2. The summed E-state index contributed by atoms with van der Waals surface area (Å²) < 4.78 is 0. The Morgan fingerprint density at radius 1 is 0.548 bits per heavy atom. The van der Waals surface area contributed by atoms with Gasteiger partial charge in [-0.25, -0.2) is 0 Å². The topological polar surface area (TPSA) is 0 Å². The molecule has 0 N–H and O–H groups in total. The van der Waals surface area contributed by atoms with Crippen molar-refractivity contribution in [2.45, 2.75) is 32.3 Å². The molecule has 0 atom stereocenters. The minimum absolute atomic E-state index is 0.150. The van der Waals surface area contributed by atoms with Crippen LogP contribution in [0, 0.1) is 0 Å². The minimum atomic E-state index is -2.93. The Kier molecular flexibility index (Phi) is 5.95. The molecule has 31 heavy (non-hydrogen) atoms. The molecule has 2 heteroatoms. The second kappa shape index (κ2) is 8.38. The van der Waals surface area contributed by atoms with Crippen molar-refractivity contribution in [1.82, 2.24) is 0 Å². The fourth-order valence-corrected chi connectivity index (χ4v) is 12.1. The molecule has 0 fully saturated rings. The molecule has 0 aliphatic heterocycles. The van der Waals surface area contributed by atoms with E-state index in [9.17, 15) is 0 Å². The molecule has 0 aliphatic carbocycles. The van der Waals surface area contributed by atoms with Crippen LogP contribution in [0.1, 0.15) is 31.9 Å². The van der Waals surface area contributed by atoms with E-state index < -0.39 is 5.31 Å². The van der Waals surface area contributed by atoms with Crippen LogP contribution in [-0.2, 0) is 11.6 Å². The van der Waals surface area contributed by atoms with Gasteiger partial charge in [-0.1, -0.05) is 0 Å². The first-order valence-electron chi connectivity index (χ1n) is 10.8. The van der Waals surface area contributed by atoms with Gasteiger partial charge in [0.2, 0.25) is 0 Å². The first-order valence-corrected chi connectivity index (χ1v) is 15.3. The van der Waals surface area contributed by atoms with E-state index in [0.29, 0.717) is 0 Å². The summed E-state index contributed by atoms with van der Waals surface area (Å²) in [6.07, 6.45) is 0.925. The van der Waals surface area contributed by atoms with E-state index in [1.54, 1.807) is 0 Å². The maximum absolute atomic E-state index is 4.54. The fraction of sp³-hybridized carbons (Fsp3) is 0.172. The Morgan fingerprint density at radius 3 is 1.23 bits per heavy atom. The van der Waals surface area contributed by atoms with E-state index in [0.717, 1.165) is 6.16 Å². The van der Waals surface area contributed by atoms with Crippen molar-refractivity contribution in [3.8, 4) is 0 Å². The van der Waals surface area contributed by atoms with Crippen LogP contribution in [0.3, 0.4) is 0 Å².